The molecule has 4 heteroatoms. The van der Waals surface area contributed by atoms with E-state index in [9.17, 15) is 8.42 Å². The van der Waals surface area contributed by atoms with Gasteiger partial charge in [0.05, 0.1) is 9.80 Å². The molecule has 98 valence electrons. The Labute approximate surface area is 113 Å². The minimum atomic E-state index is -3.53. The van der Waals surface area contributed by atoms with Gasteiger partial charge in [0.25, 0.3) is 0 Å². The van der Waals surface area contributed by atoms with Gasteiger partial charge >= 0.3 is 0 Å². The molecule has 0 amide bonds. The van der Waals surface area contributed by atoms with Crippen molar-refractivity contribution in [1.29, 1.82) is 0 Å². The zero-order valence-corrected chi connectivity index (χ0v) is 11.1. The fourth-order valence-electron chi connectivity index (χ4n) is 1.52. The van der Waals surface area contributed by atoms with Gasteiger partial charge in [-0.3, -0.25) is 0 Å². The van der Waals surface area contributed by atoms with Crippen molar-refractivity contribution in [3.63, 3.8) is 0 Å². The fraction of sp³-hybridized carbons (Fsp3) is 0.0667. The van der Waals surface area contributed by atoms with Crippen molar-refractivity contribution in [2.45, 2.75) is 4.90 Å². The fourth-order valence-corrected chi connectivity index (χ4v) is 2.59. The van der Waals surface area contributed by atoms with Crippen molar-refractivity contribution in [2.24, 2.45) is 0 Å². The molecular weight excluding hydrogens is 260 g/mol. The molecule has 0 bridgehead atoms. The van der Waals surface area contributed by atoms with E-state index in [-0.39, 0.29) is 16.4 Å². The number of hydrogen-bond donors (Lipinski definition) is 0. The molecule has 0 saturated heterocycles. The first-order valence-electron chi connectivity index (χ1n) is 5.76. The summed E-state index contributed by atoms with van der Waals surface area (Å²) in [6.45, 7) is 3.55. The van der Waals surface area contributed by atoms with Gasteiger partial charge in [0, 0.05) is 0 Å². The van der Waals surface area contributed by atoms with Crippen LogP contribution in [0.4, 0.5) is 0 Å². The van der Waals surface area contributed by atoms with Gasteiger partial charge in [-0.2, -0.15) is 0 Å². The molecule has 0 aliphatic rings. The molecule has 0 fully saturated rings. The van der Waals surface area contributed by atoms with Crippen molar-refractivity contribution in [2.75, 3.05) is 6.61 Å². The van der Waals surface area contributed by atoms with Gasteiger partial charge in [0.15, 0.2) is 0 Å². The van der Waals surface area contributed by atoms with Crippen LogP contribution < -0.4 is 4.74 Å². The third kappa shape index (κ3) is 3.23. The molecule has 19 heavy (non-hydrogen) atoms. The van der Waals surface area contributed by atoms with Crippen LogP contribution in [-0.4, -0.2) is 15.0 Å². The van der Waals surface area contributed by atoms with E-state index in [1.807, 2.05) is 18.2 Å². The van der Waals surface area contributed by atoms with Gasteiger partial charge in [-0.1, -0.05) is 43.0 Å². The molecule has 2 rings (SSSR count). The average Bonchev–Trinajstić information content (AvgIpc) is 2.46. The van der Waals surface area contributed by atoms with E-state index in [4.69, 9.17) is 4.74 Å². The van der Waals surface area contributed by atoms with Crippen LogP contribution in [0.3, 0.4) is 0 Å². The zero-order chi connectivity index (χ0) is 13.7. The minimum absolute atomic E-state index is 0.0440. The predicted molar refractivity (Wildman–Crippen MR) is 74.7 cm³/mol. The smallest absolute Gasteiger partial charge is 0.205 e. The second kappa shape index (κ2) is 5.71. The summed E-state index contributed by atoms with van der Waals surface area (Å²) in [4.78, 5) is 0.277. The van der Waals surface area contributed by atoms with E-state index in [1.165, 1.54) is 0 Å². The van der Waals surface area contributed by atoms with Crippen LogP contribution in [0.5, 0.6) is 5.75 Å². The Morgan fingerprint density at radius 2 is 1.47 bits per heavy atom. The number of sulfone groups is 1. The normalized spacial score (nSPS) is 10.9. The summed E-state index contributed by atoms with van der Waals surface area (Å²) in [5, 5.41) is 0. The first-order valence-corrected chi connectivity index (χ1v) is 7.25. The SMILES string of the molecule is C=C(COc1ccccc1)S(=O)(=O)c1ccccc1. The maximum absolute atomic E-state index is 12.2. The van der Waals surface area contributed by atoms with Gasteiger partial charge in [0.1, 0.15) is 12.4 Å². The monoisotopic (exact) mass is 274 g/mol. The maximum atomic E-state index is 12.2. The summed E-state index contributed by atoms with van der Waals surface area (Å²) < 4.78 is 29.7. The molecule has 0 N–H and O–H groups in total. The van der Waals surface area contributed by atoms with Crippen LogP contribution in [0.2, 0.25) is 0 Å². The van der Waals surface area contributed by atoms with Crippen LogP contribution in [0.15, 0.2) is 77.0 Å². The summed E-state index contributed by atoms with van der Waals surface area (Å²) in [5.41, 5.74) is 0. The molecule has 0 spiro atoms. The van der Waals surface area contributed by atoms with E-state index >= 15 is 0 Å². The summed E-state index contributed by atoms with van der Waals surface area (Å²) in [6, 6.07) is 17.3. The predicted octanol–water partition coefficient (Wildman–Crippen LogP) is 3.05. The highest BCUT2D eigenvalue weighted by Crippen LogP contribution is 2.18. The molecule has 2 aromatic carbocycles. The van der Waals surface area contributed by atoms with Crippen molar-refractivity contribution >= 4 is 9.84 Å². The summed E-state index contributed by atoms with van der Waals surface area (Å²) in [7, 11) is -3.53. The molecule has 0 aromatic heterocycles. The lowest BCUT2D eigenvalue weighted by Crippen LogP contribution is -2.11. The molecule has 0 unspecified atom stereocenters. The molecule has 0 radical (unpaired) electrons. The van der Waals surface area contributed by atoms with Gasteiger partial charge in [-0.25, -0.2) is 8.42 Å². The Hall–Kier alpha value is -2.07. The Morgan fingerprint density at radius 1 is 0.947 bits per heavy atom. The summed E-state index contributed by atoms with van der Waals surface area (Å²) >= 11 is 0. The molecule has 0 aliphatic heterocycles. The summed E-state index contributed by atoms with van der Waals surface area (Å²) in [6.07, 6.45) is 0. The van der Waals surface area contributed by atoms with Crippen LogP contribution in [0.1, 0.15) is 0 Å². The van der Waals surface area contributed by atoms with E-state index in [0.29, 0.717) is 5.75 Å². The third-order valence-electron chi connectivity index (χ3n) is 2.58. The first-order chi connectivity index (χ1) is 9.10. The highest BCUT2D eigenvalue weighted by molar-refractivity contribution is 7.95. The molecule has 0 atom stereocenters. The van der Waals surface area contributed by atoms with Crippen LogP contribution >= 0.6 is 0 Å². The van der Waals surface area contributed by atoms with Crippen LogP contribution in [0.25, 0.3) is 0 Å². The number of ether oxygens (including phenoxy) is 1. The average molecular weight is 274 g/mol. The van der Waals surface area contributed by atoms with Crippen molar-refractivity contribution < 1.29 is 13.2 Å². The third-order valence-corrected chi connectivity index (χ3v) is 4.35. The molecule has 0 heterocycles. The van der Waals surface area contributed by atoms with Gasteiger partial charge < -0.3 is 4.74 Å². The van der Waals surface area contributed by atoms with Crippen molar-refractivity contribution in [1.82, 2.24) is 0 Å². The van der Waals surface area contributed by atoms with E-state index in [1.54, 1.807) is 42.5 Å². The number of hydrogen-bond acceptors (Lipinski definition) is 3. The molecular formula is C15H14O3S. The topological polar surface area (TPSA) is 43.4 Å². The Balaban J connectivity index is 2.08. The van der Waals surface area contributed by atoms with E-state index in [0.717, 1.165) is 0 Å². The van der Waals surface area contributed by atoms with Gasteiger partial charge in [-0.15, -0.1) is 0 Å². The lowest BCUT2D eigenvalue weighted by molar-refractivity contribution is 0.358. The van der Waals surface area contributed by atoms with E-state index < -0.39 is 9.84 Å². The number of rotatable bonds is 5. The first kappa shape index (κ1) is 13.4. The second-order valence-corrected chi connectivity index (χ2v) is 6.01. The summed E-state index contributed by atoms with van der Waals surface area (Å²) in [5.74, 6) is 0.618. The second-order valence-electron chi connectivity index (χ2n) is 3.96. The van der Waals surface area contributed by atoms with Crippen LogP contribution in [0, 0.1) is 0 Å². The van der Waals surface area contributed by atoms with Gasteiger partial charge in [-0.05, 0) is 24.3 Å². The lowest BCUT2D eigenvalue weighted by Gasteiger charge is -2.09. The van der Waals surface area contributed by atoms with Crippen molar-refractivity contribution in [3.05, 3.63) is 72.1 Å². The van der Waals surface area contributed by atoms with Crippen LogP contribution in [-0.2, 0) is 9.84 Å². The largest absolute Gasteiger partial charge is 0.488 e. The lowest BCUT2D eigenvalue weighted by atomic mass is 10.3. The minimum Gasteiger partial charge on any atom is -0.488 e. The molecule has 2 aromatic rings. The highest BCUT2D eigenvalue weighted by atomic mass is 32.2. The van der Waals surface area contributed by atoms with Gasteiger partial charge in [0.2, 0.25) is 9.84 Å². The number of benzene rings is 2. The Morgan fingerprint density at radius 3 is 2.05 bits per heavy atom. The molecule has 0 aliphatic carbocycles. The molecule has 0 saturated carbocycles. The van der Waals surface area contributed by atoms with E-state index in [2.05, 4.69) is 6.58 Å². The maximum Gasteiger partial charge on any atom is 0.205 e. The quantitative estimate of drug-likeness (QED) is 0.841. The Bertz CT molecular complexity index is 646. The molecule has 3 nitrogen and oxygen atoms in total. The highest BCUT2D eigenvalue weighted by Gasteiger charge is 2.18. The number of para-hydroxylation sites is 1. The van der Waals surface area contributed by atoms with Crippen molar-refractivity contribution in [3.8, 4) is 5.75 Å². The Kier molecular flexibility index (Phi) is 4.02. The standard InChI is InChI=1S/C15H14O3S/c1-13(12-18-14-8-4-2-5-9-14)19(16,17)15-10-6-3-7-11-15/h2-11H,1,12H2. The zero-order valence-electron chi connectivity index (χ0n) is 10.3.